The second-order valence-corrected chi connectivity index (χ2v) is 12.1. The van der Waals surface area contributed by atoms with E-state index in [9.17, 15) is 0 Å². The summed E-state index contributed by atoms with van der Waals surface area (Å²) in [5.41, 5.74) is 6.49. The van der Waals surface area contributed by atoms with Crippen molar-refractivity contribution >= 4 is 60.4 Å². The molecule has 0 aliphatic carbocycles. The molecule has 48 heavy (non-hydrogen) atoms. The van der Waals surface area contributed by atoms with E-state index in [0.29, 0.717) is 17.2 Å². The Labute approximate surface area is 277 Å². The van der Waals surface area contributed by atoms with Gasteiger partial charge in [0.25, 0.3) is 0 Å². The van der Waals surface area contributed by atoms with Gasteiger partial charge in [-0.2, -0.15) is 0 Å². The van der Waals surface area contributed by atoms with Crippen molar-refractivity contribution in [3.8, 4) is 28.7 Å². The van der Waals surface area contributed by atoms with E-state index < -0.39 is 0 Å². The molecule has 0 N–H and O–H groups in total. The first-order valence-corrected chi connectivity index (χ1v) is 16.2. The van der Waals surface area contributed by atoms with Crippen LogP contribution >= 0.6 is 0 Å². The molecule has 4 nitrogen and oxygen atoms in total. The third-order valence-corrected chi connectivity index (χ3v) is 9.39. The summed E-state index contributed by atoms with van der Waals surface area (Å²) in [7, 11) is 0. The molecule has 0 bridgehead atoms. The molecule has 1 aliphatic rings. The minimum absolute atomic E-state index is 0.706. The topological polar surface area (TPSA) is 26.6 Å². The summed E-state index contributed by atoms with van der Waals surface area (Å²) < 4.78 is 15.6. The Morgan fingerprint density at radius 2 is 1.00 bits per heavy atom. The maximum Gasteiger partial charge on any atom is 0.180 e. The van der Waals surface area contributed by atoms with Crippen LogP contribution in [0.1, 0.15) is 0 Å². The summed E-state index contributed by atoms with van der Waals surface area (Å²) in [6.45, 7) is 0. The minimum atomic E-state index is 0.706. The Kier molecular flexibility index (Phi) is 5.84. The molecule has 4 heteroatoms. The fourth-order valence-corrected chi connectivity index (χ4v) is 7.30. The molecule has 0 spiro atoms. The maximum absolute atomic E-state index is 6.72. The molecule has 226 valence electrons. The van der Waals surface area contributed by atoms with E-state index in [1.54, 1.807) is 0 Å². The van der Waals surface area contributed by atoms with Gasteiger partial charge in [0.2, 0.25) is 0 Å². The number of nitrogens with zero attached hydrogens (tertiary/aromatic N) is 2. The number of aromatic nitrogens is 1. The van der Waals surface area contributed by atoms with E-state index in [1.807, 2.05) is 30.3 Å². The third kappa shape index (κ3) is 4.03. The molecule has 0 fully saturated rings. The van der Waals surface area contributed by atoms with Gasteiger partial charge in [-0.05, 0) is 89.0 Å². The molecule has 0 saturated heterocycles. The van der Waals surface area contributed by atoms with Gasteiger partial charge >= 0.3 is 0 Å². The van der Waals surface area contributed by atoms with Crippen molar-refractivity contribution in [3.63, 3.8) is 0 Å². The van der Waals surface area contributed by atoms with Crippen molar-refractivity contribution in [2.75, 3.05) is 4.90 Å². The van der Waals surface area contributed by atoms with Crippen molar-refractivity contribution in [2.45, 2.75) is 0 Å². The lowest BCUT2D eigenvalue weighted by Gasteiger charge is -2.25. The first-order valence-electron chi connectivity index (χ1n) is 16.2. The molecule has 2 heterocycles. The first kappa shape index (κ1) is 26.7. The van der Waals surface area contributed by atoms with Crippen LogP contribution in [0, 0.1) is 0 Å². The van der Waals surface area contributed by atoms with Crippen LogP contribution in [-0.4, -0.2) is 4.57 Å². The second kappa shape index (κ2) is 10.5. The van der Waals surface area contributed by atoms with Crippen LogP contribution in [0.3, 0.4) is 0 Å². The van der Waals surface area contributed by atoms with Gasteiger partial charge in [0.05, 0.1) is 22.1 Å². The monoisotopic (exact) mass is 616 g/mol. The number of hydrogen-bond acceptors (Lipinski definition) is 3. The lowest BCUT2D eigenvalue weighted by Crippen LogP contribution is -2.09. The van der Waals surface area contributed by atoms with Crippen LogP contribution in [0.2, 0.25) is 0 Å². The van der Waals surface area contributed by atoms with Crippen LogP contribution in [0.15, 0.2) is 170 Å². The van der Waals surface area contributed by atoms with E-state index in [4.69, 9.17) is 9.47 Å². The quantitative estimate of drug-likeness (QED) is 0.184. The van der Waals surface area contributed by atoms with Crippen molar-refractivity contribution in [1.82, 2.24) is 4.57 Å². The summed E-state index contributed by atoms with van der Waals surface area (Å²) in [6, 6.07) is 59.5. The number of para-hydroxylation sites is 4. The number of benzene rings is 8. The molecular weight excluding hydrogens is 588 g/mol. The van der Waals surface area contributed by atoms with E-state index in [0.717, 1.165) is 50.3 Å². The van der Waals surface area contributed by atoms with Crippen LogP contribution in [0.4, 0.5) is 17.1 Å². The predicted molar refractivity (Wildman–Crippen MR) is 197 cm³/mol. The normalized spacial score (nSPS) is 12.1. The summed E-state index contributed by atoms with van der Waals surface area (Å²) in [5.74, 6) is 2.86. The predicted octanol–water partition coefficient (Wildman–Crippen LogP) is 12.5. The van der Waals surface area contributed by atoms with Gasteiger partial charge in [0, 0.05) is 27.8 Å². The summed E-state index contributed by atoms with van der Waals surface area (Å²) in [4.78, 5) is 2.30. The smallest absolute Gasteiger partial charge is 0.180 e. The third-order valence-electron chi connectivity index (χ3n) is 9.39. The summed E-state index contributed by atoms with van der Waals surface area (Å²) in [6.07, 6.45) is 0. The fourth-order valence-electron chi connectivity index (χ4n) is 7.30. The Balaban J connectivity index is 1.31. The number of ether oxygens (including phenoxy) is 2. The lowest BCUT2D eigenvalue weighted by atomic mass is 10.00. The highest BCUT2D eigenvalue weighted by Crippen LogP contribution is 2.52. The van der Waals surface area contributed by atoms with Crippen LogP contribution in [0.5, 0.6) is 23.0 Å². The number of hydrogen-bond donors (Lipinski definition) is 0. The van der Waals surface area contributed by atoms with E-state index in [-0.39, 0.29) is 0 Å². The summed E-state index contributed by atoms with van der Waals surface area (Å²) >= 11 is 0. The highest BCUT2D eigenvalue weighted by atomic mass is 16.6. The highest BCUT2D eigenvalue weighted by Gasteiger charge is 2.26. The van der Waals surface area contributed by atoms with Gasteiger partial charge in [0.15, 0.2) is 23.0 Å². The second-order valence-electron chi connectivity index (χ2n) is 12.1. The van der Waals surface area contributed by atoms with Crippen molar-refractivity contribution in [1.29, 1.82) is 0 Å². The molecule has 9 aromatic rings. The van der Waals surface area contributed by atoms with Crippen molar-refractivity contribution in [2.24, 2.45) is 0 Å². The van der Waals surface area contributed by atoms with Crippen molar-refractivity contribution < 1.29 is 9.47 Å². The molecular formula is C44H28N2O2. The van der Waals surface area contributed by atoms with Gasteiger partial charge in [0.1, 0.15) is 0 Å². The zero-order valence-electron chi connectivity index (χ0n) is 25.9. The molecule has 0 atom stereocenters. The molecule has 10 rings (SSSR count). The zero-order chi connectivity index (χ0) is 31.6. The fraction of sp³-hybridized carbons (Fsp3) is 0. The first-order chi connectivity index (χ1) is 23.8. The number of fused-ring (bicyclic) bond motifs is 9. The molecule has 0 saturated carbocycles. The van der Waals surface area contributed by atoms with Gasteiger partial charge in [-0.15, -0.1) is 0 Å². The molecule has 1 aromatic heterocycles. The zero-order valence-corrected chi connectivity index (χ0v) is 25.9. The Bertz CT molecular complexity index is 2640. The van der Waals surface area contributed by atoms with E-state index >= 15 is 0 Å². The molecule has 1 aliphatic heterocycles. The van der Waals surface area contributed by atoms with Gasteiger partial charge in [-0.25, -0.2) is 0 Å². The van der Waals surface area contributed by atoms with Gasteiger partial charge in [-0.1, -0.05) is 97.1 Å². The van der Waals surface area contributed by atoms with Gasteiger partial charge < -0.3 is 18.9 Å². The standard InChI is InChI=1S/C44H28N2O2/c1-3-14-30(15-4-1)45(31-16-5-2-6-17-31)32-23-24-37-36(28-32)43-38(25-26-42-44(43)48-41-22-12-11-21-40(41)47-42)46(37)39-27-29-13-7-8-18-33(29)34-19-9-10-20-35(34)39/h1-28H. The van der Waals surface area contributed by atoms with E-state index in [2.05, 4.69) is 149 Å². The highest BCUT2D eigenvalue weighted by molar-refractivity contribution is 6.17. The number of rotatable bonds is 4. The Hall–Kier alpha value is -6.52. The Morgan fingerprint density at radius 3 is 1.75 bits per heavy atom. The molecule has 8 aromatic carbocycles. The summed E-state index contributed by atoms with van der Waals surface area (Å²) in [5, 5.41) is 6.95. The van der Waals surface area contributed by atoms with Gasteiger partial charge in [-0.3, -0.25) is 0 Å². The minimum Gasteiger partial charge on any atom is -0.449 e. The van der Waals surface area contributed by atoms with E-state index in [1.165, 1.54) is 21.5 Å². The molecule has 0 radical (unpaired) electrons. The largest absolute Gasteiger partial charge is 0.449 e. The van der Waals surface area contributed by atoms with Crippen LogP contribution < -0.4 is 14.4 Å². The van der Waals surface area contributed by atoms with Crippen LogP contribution in [-0.2, 0) is 0 Å². The lowest BCUT2D eigenvalue weighted by molar-refractivity contribution is 0.363. The average Bonchev–Trinajstić information content (AvgIpc) is 3.48. The maximum atomic E-state index is 6.72. The average molecular weight is 617 g/mol. The number of anilines is 3. The van der Waals surface area contributed by atoms with Crippen LogP contribution in [0.25, 0.3) is 49.0 Å². The Morgan fingerprint density at radius 1 is 0.396 bits per heavy atom. The SMILES string of the molecule is c1ccc(N(c2ccccc2)c2ccc3c(c2)c2c4c(ccc2n3-c2cc3ccccc3c3ccccc23)Oc2ccccc2O4)cc1. The molecule has 0 amide bonds. The van der Waals surface area contributed by atoms with Crippen molar-refractivity contribution in [3.05, 3.63) is 170 Å². The molecule has 0 unspecified atom stereocenters.